The molecule has 6 heteroatoms. The lowest BCUT2D eigenvalue weighted by molar-refractivity contribution is -0.167. The van der Waals surface area contributed by atoms with Crippen LogP contribution in [0.1, 0.15) is 285 Å². The maximum absolute atomic E-state index is 12.8. The monoisotopic (exact) mass is 821 g/mol. The van der Waals surface area contributed by atoms with E-state index >= 15 is 0 Å². The van der Waals surface area contributed by atoms with Crippen molar-refractivity contribution in [1.82, 2.24) is 0 Å². The molecule has 0 fully saturated rings. The van der Waals surface area contributed by atoms with Gasteiger partial charge in [-0.1, -0.05) is 247 Å². The maximum atomic E-state index is 12.8. The van der Waals surface area contributed by atoms with Crippen LogP contribution in [-0.2, 0) is 28.6 Å². The number of esters is 3. The summed E-state index contributed by atoms with van der Waals surface area (Å²) in [5.74, 6) is 0.807. The molecule has 0 amide bonds. The summed E-state index contributed by atoms with van der Waals surface area (Å²) in [6.45, 7) is 11.4. The summed E-state index contributed by atoms with van der Waals surface area (Å²) in [6, 6.07) is 0. The van der Waals surface area contributed by atoms with Gasteiger partial charge in [0.25, 0.3) is 0 Å². The van der Waals surface area contributed by atoms with E-state index in [2.05, 4.69) is 34.6 Å². The third-order valence-electron chi connectivity index (χ3n) is 12.1. The van der Waals surface area contributed by atoms with Crippen LogP contribution in [-0.4, -0.2) is 37.2 Å². The second kappa shape index (κ2) is 44.9. The quantitative estimate of drug-likeness (QED) is 0.0346. The zero-order valence-corrected chi connectivity index (χ0v) is 39.7. The standard InChI is InChI=1S/C52H100O6/c1-6-8-9-10-11-12-13-16-20-23-26-32-37-42-50(53)56-45-49(46-57-51(54)43-38-33-29-28-31-36-41-48(5)7-2)58-52(55)44-39-34-27-24-21-18-15-14-17-19-22-25-30-35-40-47(3)4/h47-49H,6-46H2,1-5H3/t48?,49-/m1/s1. The Kier molecular flexibility index (Phi) is 43.7. The third kappa shape index (κ3) is 44.0. The number of hydrogen-bond donors (Lipinski definition) is 0. The number of carbonyl (C=O) groups excluding carboxylic acids is 3. The average Bonchev–Trinajstić information content (AvgIpc) is 3.21. The molecule has 0 spiro atoms. The van der Waals surface area contributed by atoms with Crippen LogP contribution < -0.4 is 0 Å². The van der Waals surface area contributed by atoms with Gasteiger partial charge < -0.3 is 14.2 Å². The molecule has 0 radical (unpaired) electrons. The number of hydrogen-bond acceptors (Lipinski definition) is 6. The van der Waals surface area contributed by atoms with Crippen LogP contribution in [0.25, 0.3) is 0 Å². The molecular formula is C52H100O6. The van der Waals surface area contributed by atoms with Gasteiger partial charge in [-0.3, -0.25) is 14.4 Å². The lowest BCUT2D eigenvalue weighted by Gasteiger charge is -2.18. The van der Waals surface area contributed by atoms with Crippen LogP contribution >= 0.6 is 0 Å². The maximum Gasteiger partial charge on any atom is 0.306 e. The lowest BCUT2D eigenvalue weighted by atomic mass is 10.00. The largest absolute Gasteiger partial charge is 0.462 e. The van der Waals surface area contributed by atoms with Gasteiger partial charge in [0.1, 0.15) is 13.2 Å². The Bertz CT molecular complexity index is 887. The van der Waals surface area contributed by atoms with Gasteiger partial charge in [0.2, 0.25) is 0 Å². The molecule has 6 nitrogen and oxygen atoms in total. The normalized spacial score (nSPS) is 12.5. The van der Waals surface area contributed by atoms with Crippen molar-refractivity contribution < 1.29 is 28.6 Å². The highest BCUT2D eigenvalue weighted by Gasteiger charge is 2.19. The zero-order valence-electron chi connectivity index (χ0n) is 39.7. The van der Waals surface area contributed by atoms with E-state index in [-0.39, 0.29) is 31.1 Å². The Morgan fingerprint density at radius 1 is 0.362 bits per heavy atom. The SMILES string of the molecule is CCCCCCCCCCCCCCCC(=O)OC[C@H](COC(=O)CCCCCCCCC(C)CC)OC(=O)CCCCCCCCCCCCCCCCC(C)C. The first-order valence-electron chi connectivity index (χ1n) is 25.8. The number of ether oxygens (including phenoxy) is 3. The van der Waals surface area contributed by atoms with Gasteiger partial charge >= 0.3 is 17.9 Å². The second-order valence-corrected chi connectivity index (χ2v) is 18.5. The fourth-order valence-electron chi connectivity index (χ4n) is 7.78. The highest BCUT2D eigenvalue weighted by atomic mass is 16.6. The van der Waals surface area contributed by atoms with E-state index in [0.717, 1.165) is 69.6 Å². The molecule has 0 aliphatic heterocycles. The van der Waals surface area contributed by atoms with E-state index in [1.165, 1.54) is 173 Å². The number of unbranched alkanes of at least 4 members (excludes halogenated alkanes) is 30. The smallest absolute Gasteiger partial charge is 0.306 e. The molecular weight excluding hydrogens is 721 g/mol. The summed E-state index contributed by atoms with van der Waals surface area (Å²) in [6.07, 6.45) is 45.2. The van der Waals surface area contributed by atoms with E-state index in [1.807, 2.05) is 0 Å². The van der Waals surface area contributed by atoms with E-state index in [9.17, 15) is 14.4 Å². The Morgan fingerprint density at radius 3 is 0.983 bits per heavy atom. The van der Waals surface area contributed by atoms with Crippen LogP contribution in [0.5, 0.6) is 0 Å². The van der Waals surface area contributed by atoms with Crippen molar-refractivity contribution in [2.75, 3.05) is 13.2 Å². The van der Waals surface area contributed by atoms with E-state index in [4.69, 9.17) is 14.2 Å². The average molecular weight is 821 g/mol. The van der Waals surface area contributed by atoms with Crippen molar-refractivity contribution in [1.29, 1.82) is 0 Å². The first-order valence-corrected chi connectivity index (χ1v) is 25.8. The predicted molar refractivity (Wildman–Crippen MR) is 247 cm³/mol. The second-order valence-electron chi connectivity index (χ2n) is 18.5. The molecule has 0 saturated heterocycles. The first kappa shape index (κ1) is 56.4. The minimum absolute atomic E-state index is 0.0642. The fourth-order valence-corrected chi connectivity index (χ4v) is 7.78. The Morgan fingerprint density at radius 2 is 0.655 bits per heavy atom. The van der Waals surface area contributed by atoms with Crippen LogP contribution in [0, 0.1) is 11.8 Å². The molecule has 58 heavy (non-hydrogen) atoms. The van der Waals surface area contributed by atoms with Gasteiger partial charge in [-0.05, 0) is 31.1 Å². The minimum atomic E-state index is -0.762. The van der Waals surface area contributed by atoms with Gasteiger partial charge in [-0.15, -0.1) is 0 Å². The minimum Gasteiger partial charge on any atom is -0.462 e. The zero-order chi connectivity index (χ0) is 42.6. The Hall–Kier alpha value is -1.59. The molecule has 0 aromatic heterocycles. The summed E-state index contributed by atoms with van der Waals surface area (Å²) in [5.41, 5.74) is 0. The molecule has 0 bridgehead atoms. The summed E-state index contributed by atoms with van der Waals surface area (Å²) in [5, 5.41) is 0. The molecule has 344 valence electrons. The van der Waals surface area contributed by atoms with Crippen LogP contribution in [0.3, 0.4) is 0 Å². The summed E-state index contributed by atoms with van der Waals surface area (Å²) < 4.78 is 16.8. The molecule has 0 aliphatic carbocycles. The molecule has 0 heterocycles. The Balaban J connectivity index is 4.29. The van der Waals surface area contributed by atoms with Crippen LogP contribution in [0.4, 0.5) is 0 Å². The summed E-state index contributed by atoms with van der Waals surface area (Å²) >= 11 is 0. The molecule has 0 rings (SSSR count). The Labute approximate surface area is 361 Å². The van der Waals surface area contributed by atoms with Crippen molar-refractivity contribution in [3.63, 3.8) is 0 Å². The topological polar surface area (TPSA) is 78.9 Å². The fraction of sp³-hybridized carbons (Fsp3) is 0.942. The van der Waals surface area contributed by atoms with Crippen molar-refractivity contribution in [2.24, 2.45) is 11.8 Å². The molecule has 2 atom stereocenters. The van der Waals surface area contributed by atoms with Gasteiger partial charge in [0.15, 0.2) is 6.10 Å². The highest BCUT2D eigenvalue weighted by Crippen LogP contribution is 2.18. The molecule has 0 aromatic carbocycles. The lowest BCUT2D eigenvalue weighted by Crippen LogP contribution is -2.30. The third-order valence-corrected chi connectivity index (χ3v) is 12.1. The molecule has 1 unspecified atom stereocenters. The van der Waals surface area contributed by atoms with Gasteiger partial charge in [0, 0.05) is 19.3 Å². The summed E-state index contributed by atoms with van der Waals surface area (Å²) in [7, 11) is 0. The van der Waals surface area contributed by atoms with E-state index in [0.29, 0.717) is 19.3 Å². The van der Waals surface area contributed by atoms with Crippen molar-refractivity contribution in [3.05, 3.63) is 0 Å². The van der Waals surface area contributed by atoms with Gasteiger partial charge in [0.05, 0.1) is 0 Å². The molecule has 0 saturated carbocycles. The predicted octanol–water partition coefficient (Wildman–Crippen LogP) is 16.5. The first-order chi connectivity index (χ1) is 28.3. The van der Waals surface area contributed by atoms with E-state index in [1.54, 1.807) is 0 Å². The van der Waals surface area contributed by atoms with E-state index < -0.39 is 6.10 Å². The highest BCUT2D eigenvalue weighted by molar-refractivity contribution is 5.71. The van der Waals surface area contributed by atoms with Crippen molar-refractivity contribution in [2.45, 2.75) is 291 Å². The van der Waals surface area contributed by atoms with Crippen LogP contribution in [0.15, 0.2) is 0 Å². The van der Waals surface area contributed by atoms with Gasteiger partial charge in [-0.25, -0.2) is 0 Å². The number of carbonyl (C=O) groups is 3. The molecule has 0 aromatic rings. The van der Waals surface area contributed by atoms with Gasteiger partial charge in [-0.2, -0.15) is 0 Å². The van der Waals surface area contributed by atoms with Crippen molar-refractivity contribution >= 4 is 17.9 Å². The van der Waals surface area contributed by atoms with Crippen molar-refractivity contribution in [3.8, 4) is 0 Å². The number of rotatable bonds is 46. The summed E-state index contributed by atoms with van der Waals surface area (Å²) in [4.78, 5) is 37.9. The molecule has 0 N–H and O–H groups in total. The van der Waals surface area contributed by atoms with Crippen LogP contribution in [0.2, 0.25) is 0 Å². The molecule has 0 aliphatic rings.